The standard InChI is InChI=1S/C30H35Cl2N3O4S/c1-4-22-12-15-25(16-13-22)35(40(3,38)39)18-8-11-29(36)34(21-24-14-17-26(31)27(32)19-24)28(30(37)33-2)20-23-9-6-5-7-10-23/h5-7,9-10,12-17,19,28H,4,8,11,18,20-21H2,1-3H3,(H,33,37)/t28-/m0/s1. The first-order valence-electron chi connectivity index (χ1n) is 13.1. The zero-order chi connectivity index (χ0) is 29.3. The summed E-state index contributed by atoms with van der Waals surface area (Å²) in [5.41, 5.74) is 3.27. The van der Waals surface area contributed by atoms with Gasteiger partial charge < -0.3 is 10.2 Å². The summed E-state index contributed by atoms with van der Waals surface area (Å²) in [7, 11) is -2.03. The normalized spacial score (nSPS) is 12.0. The van der Waals surface area contributed by atoms with E-state index in [1.807, 2.05) is 49.4 Å². The van der Waals surface area contributed by atoms with E-state index in [1.54, 1.807) is 30.3 Å². The number of halogens is 2. The second-order valence-corrected chi connectivity index (χ2v) is 12.3. The SMILES string of the molecule is CCc1ccc(N(CCCC(=O)N(Cc2ccc(Cl)c(Cl)c2)[C@@H](Cc2ccccc2)C(=O)NC)S(C)(=O)=O)cc1. The second-order valence-electron chi connectivity index (χ2n) is 9.55. The van der Waals surface area contributed by atoms with Crippen LogP contribution >= 0.6 is 23.2 Å². The molecule has 214 valence electrons. The van der Waals surface area contributed by atoms with Crippen LogP contribution in [0.2, 0.25) is 10.0 Å². The number of benzene rings is 3. The van der Waals surface area contributed by atoms with Crippen LogP contribution in [0.4, 0.5) is 5.69 Å². The Hall–Kier alpha value is -3.07. The molecule has 3 rings (SSSR count). The van der Waals surface area contributed by atoms with Crippen LogP contribution in [-0.4, -0.2) is 51.0 Å². The molecule has 10 heteroatoms. The summed E-state index contributed by atoms with van der Waals surface area (Å²) in [6.45, 7) is 2.29. The summed E-state index contributed by atoms with van der Waals surface area (Å²) < 4.78 is 26.5. The molecule has 7 nitrogen and oxygen atoms in total. The van der Waals surface area contributed by atoms with E-state index in [9.17, 15) is 18.0 Å². The quantitative estimate of drug-likeness (QED) is 0.280. The molecule has 0 fully saturated rings. The molecular weight excluding hydrogens is 569 g/mol. The van der Waals surface area contributed by atoms with Gasteiger partial charge in [-0.2, -0.15) is 0 Å². The predicted octanol–water partition coefficient (Wildman–Crippen LogP) is 5.49. The number of carbonyl (C=O) groups excluding carboxylic acids is 2. The smallest absolute Gasteiger partial charge is 0.242 e. The lowest BCUT2D eigenvalue weighted by Crippen LogP contribution is -2.49. The van der Waals surface area contributed by atoms with Gasteiger partial charge in [0.15, 0.2) is 0 Å². The van der Waals surface area contributed by atoms with Crippen molar-refractivity contribution in [3.05, 3.63) is 99.5 Å². The summed E-state index contributed by atoms with van der Waals surface area (Å²) in [5, 5.41) is 3.43. The van der Waals surface area contributed by atoms with Gasteiger partial charge in [0.05, 0.1) is 22.0 Å². The van der Waals surface area contributed by atoms with Crippen molar-refractivity contribution in [3.63, 3.8) is 0 Å². The number of likely N-dealkylation sites (N-methyl/N-ethyl adjacent to an activating group) is 1. The van der Waals surface area contributed by atoms with Crippen LogP contribution in [0.15, 0.2) is 72.8 Å². The van der Waals surface area contributed by atoms with Gasteiger partial charge in [-0.25, -0.2) is 8.42 Å². The van der Waals surface area contributed by atoms with Gasteiger partial charge in [-0.05, 0) is 53.8 Å². The Labute approximate surface area is 247 Å². The Bertz CT molecular complexity index is 1400. The second kappa shape index (κ2) is 14.5. The summed E-state index contributed by atoms with van der Waals surface area (Å²) in [6, 6.07) is 21.1. The van der Waals surface area contributed by atoms with Gasteiger partial charge in [0, 0.05) is 33.0 Å². The van der Waals surface area contributed by atoms with Crippen molar-refractivity contribution < 1.29 is 18.0 Å². The molecular formula is C30H35Cl2N3O4S. The number of rotatable bonds is 13. The third-order valence-electron chi connectivity index (χ3n) is 6.64. The van der Waals surface area contributed by atoms with Crippen molar-refractivity contribution in [3.8, 4) is 0 Å². The van der Waals surface area contributed by atoms with Crippen molar-refractivity contribution in [1.29, 1.82) is 0 Å². The maximum absolute atomic E-state index is 13.7. The molecule has 2 amide bonds. The minimum absolute atomic E-state index is 0.0443. The maximum atomic E-state index is 13.7. The van der Waals surface area contributed by atoms with E-state index in [0.29, 0.717) is 22.2 Å². The Balaban J connectivity index is 1.85. The fraction of sp³-hybridized carbons (Fsp3) is 0.333. The van der Waals surface area contributed by atoms with Crippen LogP contribution in [0.25, 0.3) is 0 Å². The zero-order valence-corrected chi connectivity index (χ0v) is 25.3. The maximum Gasteiger partial charge on any atom is 0.242 e. The molecule has 0 heterocycles. The van der Waals surface area contributed by atoms with Gasteiger partial charge in [-0.15, -0.1) is 0 Å². The molecule has 40 heavy (non-hydrogen) atoms. The summed E-state index contributed by atoms with van der Waals surface area (Å²) in [4.78, 5) is 28.3. The Morgan fingerprint density at radius 3 is 2.12 bits per heavy atom. The van der Waals surface area contributed by atoms with E-state index in [0.717, 1.165) is 29.4 Å². The van der Waals surface area contributed by atoms with Crippen LogP contribution in [0.1, 0.15) is 36.5 Å². The van der Waals surface area contributed by atoms with E-state index < -0.39 is 16.1 Å². The number of anilines is 1. The third-order valence-corrected chi connectivity index (χ3v) is 8.57. The summed E-state index contributed by atoms with van der Waals surface area (Å²) in [6.07, 6.45) is 2.62. The number of hydrogen-bond acceptors (Lipinski definition) is 4. The third kappa shape index (κ3) is 8.71. The number of nitrogens with one attached hydrogen (secondary N) is 1. The Morgan fingerprint density at radius 1 is 0.900 bits per heavy atom. The van der Waals surface area contributed by atoms with E-state index in [4.69, 9.17) is 23.2 Å². The molecule has 0 aliphatic heterocycles. The highest BCUT2D eigenvalue weighted by molar-refractivity contribution is 7.92. The van der Waals surface area contributed by atoms with Crippen molar-refractivity contribution in [1.82, 2.24) is 10.2 Å². The van der Waals surface area contributed by atoms with Gasteiger partial charge in [-0.3, -0.25) is 13.9 Å². The van der Waals surface area contributed by atoms with Crippen LogP contribution < -0.4 is 9.62 Å². The highest BCUT2D eigenvalue weighted by atomic mass is 35.5. The lowest BCUT2D eigenvalue weighted by Gasteiger charge is -2.31. The summed E-state index contributed by atoms with van der Waals surface area (Å²) in [5.74, 6) is -0.573. The molecule has 1 atom stereocenters. The topological polar surface area (TPSA) is 86.8 Å². The molecule has 0 unspecified atom stereocenters. The highest BCUT2D eigenvalue weighted by Gasteiger charge is 2.30. The molecule has 0 aliphatic carbocycles. The van der Waals surface area contributed by atoms with Crippen molar-refractivity contribution in [2.45, 2.75) is 45.2 Å². The highest BCUT2D eigenvalue weighted by Crippen LogP contribution is 2.25. The molecule has 3 aromatic carbocycles. The molecule has 0 saturated heterocycles. The van der Waals surface area contributed by atoms with E-state index in [-0.39, 0.29) is 37.7 Å². The van der Waals surface area contributed by atoms with Crippen molar-refractivity contribution >= 4 is 50.7 Å². The number of hydrogen-bond donors (Lipinski definition) is 1. The molecule has 3 aromatic rings. The van der Waals surface area contributed by atoms with Gasteiger partial charge in [0.25, 0.3) is 0 Å². The number of nitrogens with zero attached hydrogens (tertiary/aromatic N) is 2. The number of sulfonamides is 1. The van der Waals surface area contributed by atoms with Gasteiger partial charge >= 0.3 is 0 Å². The Kier molecular flexibility index (Phi) is 11.4. The van der Waals surface area contributed by atoms with Gasteiger partial charge in [-0.1, -0.05) is 78.7 Å². The molecule has 0 aromatic heterocycles. The first-order valence-corrected chi connectivity index (χ1v) is 15.7. The van der Waals surface area contributed by atoms with E-state index in [2.05, 4.69) is 5.32 Å². The first kappa shape index (κ1) is 31.5. The largest absolute Gasteiger partial charge is 0.357 e. The predicted molar refractivity (Wildman–Crippen MR) is 162 cm³/mol. The van der Waals surface area contributed by atoms with Crippen LogP contribution in [0, 0.1) is 0 Å². The lowest BCUT2D eigenvalue weighted by molar-refractivity contribution is -0.141. The average Bonchev–Trinajstić information content (AvgIpc) is 2.94. The molecule has 1 N–H and O–H groups in total. The van der Waals surface area contributed by atoms with Crippen LogP contribution in [0.3, 0.4) is 0 Å². The van der Waals surface area contributed by atoms with Crippen molar-refractivity contribution in [2.24, 2.45) is 0 Å². The fourth-order valence-electron chi connectivity index (χ4n) is 4.46. The lowest BCUT2D eigenvalue weighted by atomic mass is 10.0. The molecule has 0 aliphatic rings. The van der Waals surface area contributed by atoms with E-state index >= 15 is 0 Å². The van der Waals surface area contributed by atoms with Crippen LogP contribution in [0.5, 0.6) is 0 Å². The number of carbonyl (C=O) groups is 2. The molecule has 0 bridgehead atoms. The van der Waals surface area contributed by atoms with E-state index in [1.165, 1.54) is 16.3 Å². The molecule has 0 spiro atoms. The van der Waals surface area contributed by atoms with Gasteiger partial charge in [0.2, 0.25) is 21.8 Å². The minimum atomic E-state index is -3.57. The number of amides is 2. The van der Waals surface area contributed by atoms with Gasteiger partial charge in [0.1, 0.15) is 6.04 Å². The van der Waals surface area contributed by atoms with Crippen LogP contribution in [-0.2, 0) is 39.0 Å². The number of aryl methyl sites for hydroxylation is 1. The monoisotopic (exact) mass is 603 g/mol. The Morgan fingerprint density at radius 2 is 1.55 bits per heavy atom. The average molecular weight is 605 g/mol. The van der Waals surface area contributed by atoms with Crippen molar-refractivity contribution in [2.75, 3.05) is 24.2 Å². The first-order chi connectivity index (χ1) is 19.0. The molecule has 0 saturated carbocycles. The summed E-state index contributed by atoms with van der Waals surface area (Å²) >= 11 is 12.3. The minimum Gasteiger partial charge on any atom is -0.357 e. The zero-order valence-electron chi connectivity index (χ0n) is 22.9. The molecule has 0 radical (unpaired) electrons. The fourth-order valence-corrected chi connectivity index (χ4v) is 5.74.